The van der Waals surface area contributed by atoms with E-state index < -0.39 is 0 Å². The third kappa shape index (κ3) is 5.70. The maximum Gasteiger partial charge on any atom is 0.234 e. The van der Waals surface area contributed by atoms with Gasteiger partial charge in [-0.15, -0.1) is 0 Å². The van der Waals surface area contributed by atoms with Gasteiger partial charge in [-0.3, -0.25) is 9.59 Å². The third-order valence-corrected chi connectivity index (χ3v) is 2.68. The molecule has 1 fully saturated rings. The predicted molar refractivity (Wildman–Crippen MR) is 62.0 cm³/mol. The van der Waals surface area contributed by atoms with E-state index in [1.807, 2.05) is 0 Å². The van der Waals surface area contributed by atoms with Gasteiger partial charge in [-0.1, -0.05) is 12.8 Å². The highest BCUT2D eigenvalue weighted by molar-refractivity contribution is 5.78. The Kier molecular flexibility index (Phi) is 5.85. The molecule has 3 N–H and O–H groups in total. The normalized spacial score (nSPS) is 16.1. The molecule has 16 heavy (non-hydrogen) atoms. The van der Waals surface area contributed by atoms with E-state index in [-0.39, 0.29) is 11.8 Å². The summed E-state index contributed by atoms with van der Waals surface area (Å²) in [6.07, 6.45) is 4.66. The molecule has 1 aliphatic carbocycles. The van der Waals surface area contributed by atoms with Gasteiger partial charge in [-0.25, -0.2) is 0 Å². The Balaban J connectivity index is 1.95. The molecule has 0 atom stereocenters. The molecule has 2 amide bonds. The molecule has 1 saturated carbocycles. The Morgan fingerprint density at radius 3 is 2.50 bits per heavy atom. The van der Waals surface area contributed by atoms with Crippen molar-refractivity contribution < 1.29 is 9.59 Å². The number of carbonyl (C=O) groups is 2. The Morgan fingerprint density at radius 1 is 1.19 bits per heavy atom. The van der Waals surface area contributed by atoms with Gasteiger partial charge < -0.3 is 16.0 Å². The van der Waals surface area contributed by atoms with Crippen LogP contribution in [0.5, 0.6) is 0 Å². The second kappa shape index (κ2) is 7.22. The van der Waals surface area contributed by atoms with Crippen molar-refractivity contribution in [2.75, 3.05) is 19.6 Å². The molecule has 0 heterocycles. The molecule has 0 bridgehead atoms. The molecule has 0 aromatic heterocycles. The van der Waals surface area contributed by atoms with Gasteiger partial charge in [-0.05, 0) is 12.8 Å². The molecule has 0 saturated heterocycles. The molecule has 5 nitrogen and oxygen atoms in total. The van der Waals surface area contributed by atoms with Crippen LogP contribution < -0.4 is 16.0 Å². The predicted octanol–water partition coefficient (Wildman–Crippen LogP) is -0.229. The first kappa shape index (κ1) is 13.0. The van der Waals surface area contributed by atoms with Crippen LogP contribution >= 0.6 is 0 Å². The van der Waals surface area contributed by atoms with E-state index in [0.717, 1.165) is 12.8 Å². The van der Waals surface area contributed by atoms with E-state index in [0.29, 0.717) is 25.7 Å². The van der Waals surface area contributed by atoms with E-state index in [4.69, 9.17) is 0 Å². The minimum absolute atomic E-state index is 0.0443. The van der Waals surface area contributed by atoms with Gasteiger partial charge in [0.1, 0.15) is 0 Å². The van der Waals surface area contributed by atoms with Crippen molar-refractivity contribution in [1.82, 2.24) is 16.0 Å². The summed E-state index contributed by atoms with van der Waals surface area (Å²) >= 11 is 0. The fraction of sp³-hybridized carbons (Fsp3) is 0.818. The van der Waals surface area contributed by atoms with Gasteiger partial charge in [0.2, 0.25) is 11.8 Å². The molecule has 5 heteroatoms. The van der Waals surface area contributed by atoms with E-state index in [9.17, 15) is 9.59 Å². The van der Waals surface area contributed by atoms with Gasteiger partial charge in [0, 0.05) is 26.1 Å². The molecule has 1 rings (SSSR count). The van der Waals surface area contributed by atoms with Crippen LogP contribution in [0.25, 0.3) is 0 Å². The van der Waals surface area contributed by atoms with Crippen LogP contribution in [0.15, 0.2) is 0 Å². The molecular formula is C11H21N3O2. The first-order valence-electron chi connectivity index (χ1n) is 5.93. The lowest BCUT2D eigenvalue weighted by Crippen LogP contribution is -2.41. The topological polar surface area (TPSA) is 70.2 Å². The molecule has 0 aromatic rings. The maximum atomic E-state index is 11.4. The zero-order chi connectivity index (χ0) is 11.8. The largest absolute Gasteiger partial charge is 0.355 e. The van der Waals surface area contributed by atoms with Crippen LogP contribution in [0.2, 0.25) is 0 Å². The number of amides is 2. The summed E-state index contributed by atoms with van der Waals surface area (Å²) in [5.74, 6) is 0.00642. The van der Waals surface area contributed by atoms with Gasteiger partial charge in [0.25, 0.3) is 0 Å². The standard InChI is InChI=1S/C11H21N3O2/c1-9(15)13-7-6-12-8-11(16)14-10-4-2-3-5-10/h10,12H,2-8H2,1H3,(H,13,15)(H,14,16). The van der Waals surface area contributed by atoms with E-state index in [1.54, 1.807) is 0 Å². The molecule has 0 aliphatic heterocycles. The van der Waals surface area contributed by atoms with Crippen LogP contribution in [-0.2, 0) is 9.59 Å². The van der Waals surface area contributed by atoms with Crippen molar-refractivity contribution in [1.29, 1.82) is 0 Å². The zero-order valence-corrected chi connectivity index (χ0v) is 9.84. The molecule has 0 unspecified atom stereocenters. The Morgan fingerprint density at radius 2 is 1.88 bits per heavy atom. The Labute approximate surface area is 96.4 Å². The zero-order valence-electron chi connectivity index (χ0n) is 9.84. The summed E-state index contributed by atoms with van der Waals surface area (Å²) < 4.78 is 0. The highest BCUT2D eigenvalue weighted by Crippen LogP contribution is 2.17. The quantitative estimate of drug-likeness (QED) is 0.549. The van der Waals surface area contributed by atoms with Crippen LogP contribution in [0.3, 0.4) is 0 Å². The molecule has 1 aliphatic rings. The SMILES string of the molecule is CC(=O)NCCNCC(=O)NC1CCCC1. The van der Waals surface area contributed by atoms with Crippen molar-refractivity contribution in [2.45, 2.75) is 38.6 Å². The first-order chi connectivity index (χ1) is 7.68. The number of carbonyl (C=O) groups excluding carboxylic acids is 2. The maximum absolute atomic E-state index is 11.4. The average Bonchev–Trinajstić information content (AvgIpc) is 2.69. The van der Waals surface area contributed by atoms with Gasteiger partial charge >= 0.3 is 0 Å². The molecule has 0 aromatic carbocycles. The van der Waals surface area contributed by atoms with Crippen LogP contribution in [0.1, 0.15) is 32.6 Å². The molecule has 92 valence electrons. The van der Waals surface area contributed by atoms with Crippen molar-refractivity contribution in [3.05, 3.63) is 0 Å². The number of nitrogens with one attached hydrogen (secondary N) is 3. The lowest BCUT2D eigenvalue weighted by Gasteiger charge is -2.12. The fourth-order valence-electron chi connectivity index (χ4n) is 1.88. The second-order valence-electron chi connectivity index (χ2n) is 4.21. The second-order valence-corrected chi connectivity index (χ2v) is 4.21. The summed E-state index contributed by atoms with van der Waals surface area (Å²) in [6.45, 7) is 2.99. The van der Waals surface area contributed by atoms with Crippen LogP contribution in [-0.4, -0.2) is 37.5 Å². The van der Waals surface area contributed by atoms with E-state index in [1.165, 1.54) is 19.8 Å². The fourth-order valence-corrected chi connectivity index (χ4v) is 1.88. The Hall–Kier alpha value is -1.10. The van der Waals surface area contributed by atoms with Crippen molar-refractivity contribution in [2.24, 2.45) is 0 Å². The molecular weight excluding hydrogens is 206 g/mol. The van der Waals surface area contributed by atoms with Crippen molar-refractivity contribution in [3.63, 3.8) is 0 Å². The summed E-state index contributed by atoms with van der Waals surface area (Å²) in [7, 11) is 0. The highest BCUT2D eigenvalue weighted by Gasteiger charge is 2.16. The summed E-state index contributed by atoms with van der Waals surface area (Å²) in [6, 6.07) is 0.379. The van der Waals surface area contributed by atoms with Gasteiger partial charge in [0.05, 0.1) is 6.54 Å². The summed E-state index contributed by atoms with van der Waals surface area (Å²) in [5, 5.41) is 8.64. The molecule has 0 radical (unpaired) electrons. The first-order valence-corrected chi connectivity index (χ1v) is 5.93. The lowest BCUT2D eigenvalue weighted by molar-refractivity contribution is -0.120. The number of hydrogen-bond donors (Lipinski definition) is 3. The minimum atomic E-state index is -0.0443. The smallest absolute Gasteiger partial charge is 0.234 e. The highest BCUT2D eigenvalue weighted by atomic mass is 16.2. The van der Waals surface area contributed by atoms with E-state index in [2.05, 4.69) is 16.0 Å². The summed E-state index contributed by atoms with van der Waals surface area (Å²) in [5.41, 5.74) is 0. The van der Waals surface area contributed by atoms with Crippen molar-refractivity contribution >= 4 is 11.8 Å². The van der Waals surface area contributed by atoms with Crippen LogP contribution in [0.4, 0.5) is 0 Å². The molecule has 0 spiro atoms. The third-order valence-electron chi connectivity index (χ3n) is 2.68. The minimum Gasteiger partial charge on any atom is -0.355 e. The van der Waals surface area contributed by atoms with Crippen molar-refractivity contribution in [3.8, 4) is 0 Å². The lowest BCUT2D eigenvalue weighted by atomic mass is 10.2. The summed E-state index contributed by atoms with van der Waals surface area (Å²) in [4.78, 5) is 22.0. The van der Waals surface area contributed by atoms with Gasteiger partial charge in [0.15, 0.2) is 0 Å². The van der Waals surface area contributed by atoms with E-state index >= 15 is 0 Å². The average molecular weight is 227 g/mol. The monoisotopic (exact) mass is 227 g/mol. The Bertz CT molecular complexity index is 237. The number of rotatable bonds is 6. The van der Waals surface area contributed by atoms with Gasteiger partial charge in [-0.2, -0.15) is 0 Å². The number of hydrogen-bond acceptors (Lipinski definition) is 3. The van der Waals surface area contributed by atoms with Crippen LogP contribution in [0, 0.1) is 0 Å².